The van der Waals surface area contributed by atoms with Gasteiger partial charge in [-0.1, -0.05) is 26.0 Å². The molecule has 0 aliphatic carbocycles. The summed E-state index contributed by atoms with van der Waals surface area (Å²) >= 11 is 4.00. The maximum absolute atomic E-state index is 13.1. The first-order valence-electron chi connectivity index (χ1n) is 5.59. The topological polar surface area (TPSA) is 29.1 Å². The summed E-state index contributed by atoms with van der Waals surface area (Å²) in [6.07, 6.45) is 0.405. The summed E-state index contributed by atoms with van der Waals surface area (Å²) in [6.45, 7) is 4.44. The van der Waals surface area contributed by atoms with Gasteiger partial charge in [-0.15, -0.1) is 0 Å². The number of thiol groups is 1. The fourth-order valence-corrected chi connectivity index (χ4v) is 1.72. The molecule has 1 amide bonds. The van der Waals surface area contributed by atoms with Gasteiger partial charge in [0.05, 0.1) is 0 Å². The summed E-state index contributed by atoms with van der Waals surface area (Å²) in [7, 11) is 0. The SMILES string of the molecule is CC(C)(CNC(=O)CCS)c1cccc(F)c1. The Balaban J connectivity index is 2.65. The van der Waals surface area contributed by atoms with Crippen LogP contribution in [0.2, 0.25) is 0 Å². The largest absolute Gasteiger partial charge is 0.355 e. The average Bonchev–Trinajstić information content (AvgIpc) is 2.27. The maximum Gasteiger partial charge on any atom is 0.220 e. The first-order chi connectivity index (χ1) is 7.95. The first-order valence-corrected chi connectivity index (χ1v) is 6.22. The van der Waals surface area contributed by atoms with Crippen LogP contribution in [0, 0.1) is 5.82 Å². The van der Waals surface area contributed by atoms with Crippen molar-refractivity contribution in [2.24, 2.45) is 0 Å². The van der Waals surface area contributed by atoms with Gasteiger partial charge < -0.3 is 5.32 Å². The molecule has 0 fully saturated rings. The molecule has 0 aliphatic heterocycles. The second-order valence-electron chi connectivity index (χ2n) is 4.64. The molecule has 1 N–H and O–H groups in total. The fraction of sp³-hybridized carbons (Fsp3) is 0.462. The quantitative estimate of drug-likeness (QED) is 0.778. The molecule has 0 radical (unpaired) electrons. The van der Waals surface area contributed by atoms with Gasteiger partial charge >= 0.3 is 0 Å². The van der Waals surface area contributed by atoms with E-state index in [4.69, 9.17) is 0 Å². The third kappa shape index (κ3) is 4.38. The molecule has 0 aliphatic rings. The molecular weight excluding hydrogens is 237 g/mol. The lowest BCUT2D eigenvalue weighted by Gasteiger charge is -2.25. The zero-order valence-electron chi connectivity index (χ0n) is 10.2. The van der Waals surface area contributed by atoms with Crippen LogP contribution in [0.25, 0.3) is 0 Å². The molecule has 4 heteroatoms. The molecule has 2 nitrogen and oxygen atoms in total. The summed E-state index contributed by atoms with van der Waals surface area (Å²) < 4.78 is 13.1. The van der Waals surface area contributed by atoms with Crippen LogP contribution >= 0.6 is 12.6 Å². The van der Waals surface area contributed by atoms with Gasteiger partial charge in [-0.2, -0.15) is 12.6 Å². The highest BCUT2D eigenvalue weighted by Crippen LogP contribution is 2.22. The van der Waals surface area contributed by atoms with Crippen LogP contribution in [0.15, 0.2) is 24.3 Å². The van der Waals surface area contributed by atoms with Gasteiger partial charge in [0.15, 0.2) is 0 Å². The van der Waals surface area contributed by atoms with Crippen molar-refractivity contribution in [1.29, 1.82) is 0 Å². The van der Waals surface area contributed by atoms with E-state index in [9.17, 15) is 9.18 Å². The molecule has 0 heterocycles. The zero-order valence-corrected chi connectivity index (χ0v) is 11.1. The van der Waals surface area contributed by atoms with Gasteiger partial charge in [0.2, 0.25) is 5.91 Å². The van der Waals surface area contributed by atoms with Crippen molar-refractivity contribution >= 4 is 18.5 Å². The number of hydrogen-bond acceptors (Lipinski definition) is 2. The van der Waals surface area contributed by atoms with E-state index in [-0.39, 0.29) is 17.1 Å². The molecule has 0 unspecified atom stereocenters. The summed E-state index contributed by atoms with van der Waals surface area (Å²) in [6, 6.07) is 6.47. The third-order valence-electron chi connectivity index (χ3n) is 2.67. The summed E-state index contributed by atoms with van der Waals surface area (Å²) in [5.41, 5.74) is 0.595. The molecule has 0 atom stereocenters. The normalized spacial score (nSPS) is 11.3. The van der Waals surface area contributed by atoms with E-state index in [0.29, 0.717) is 18.7 Å². The van der Waals surface area contributed by atoms with Crippen molar-refractivity contribution < 1.29 is 9.18 Å². The smallest absolute Gasteiger partial charge is 0.220 e. The highest BCUT2D eigenvalue weighted by Gasteiger charge is 2.21. The Morgan fingerprint density at radius 1 is 1.47 bits per heavy atom. The second kappa shape index (κ2) is 6.05. The number of benzene rings is 1. The lowest BCUT2D eigenvalue weighted by molar-refractivity contribution is -0.120. The lowest BCUT2D eigenvalue weighted by atomic mass is 9.84. The predicted molar refractivity (Wildman–Crippen MR) is 70.9 cm³/mol. The van der Waals surface area contributed by atoms with Crippen molar-refractivity contribution in [1.82, 2.24) is 5.32 Å². The number of amides is 1. The lowest BCUT2D eigenvalue weighted by Crippen LogP contribution is -2.36. The van der Waals surface area contributed by atoms with E-state index >= 15 is 0 Å². The Hall–Kier alpha value is -1.03. The Labute approximate surface area is 107 Å². The van der Waals surface area contributed by atoms with Gasteiger partial charge in [0.1, 0.15) is 5.82 Å². The molecule has 0 spiro atoms. The van der Waals surface area contributed by atoms with Crippen LogP contribution in [0.5, 0.6) is 0 Å². The number of carbonyl (C=O) groups excluding carboxylic acids is 1. The molecule has 0 bridgehead atoms. The number of carbonyl (C=O) groups is 1. The van der Waals surface area contributed by atoms with E-state index in [1.165, 1.54) is 12.1 Å². The van der Waals surface area contributed by atoms with Gasteiger partial charge in [0.25, 0.3) is 0 Å². The monoisotopic (exact) mass is 255 g/mol. The molecule has 1 aromatic rings. The van der Waals surface area contributed by atoms with Gasteiger partial charge in [-0.25, -0.2) is 4.39 Å². The Morgan fingerprint density at radius 3 is 2.76 bits per heavy atom. The van der Waals surface area contributed by atoms with Crippen molar-refractivity contribution in [3.05, 3.63) is 35.6 Å². The van der Waals surface area contributed by atoms with Crippen LogP contribution in [-0.2, 0) is 10.2 Å². The average molecular weight is 255 g/mol. The Bertz CT molecular complexity index is 393. The molecule has 17 heavy (non-hydrogen) atoms. The molecular formula is C13H18FNOS. The minimum absolute atomic E-state index is 0.0236. The molecule has 94 valence electrons. The van der Waals surface area contributed by atoms with Crippen LogP contribution in [0.1, 0.15) is 25.8 Å². The van der Waals surface area contributed by atoms with Crippen molar-refractivity contribution in [3.63, 3.8) is 0 Å². The van der Waals surface area contributed by atoms with Crippen LogP contribution in [-0.4, -0.2) is 18.2 Å². The van der Waals surface area contributed by atoms with E-state index < -0.39 is 0 Å². The maximum atomic E-state index is 13.1. The minimum atomic E-state index is -0.283. The standard InChI is InChI=1S/C13H18FNOS/c1-13(2,9-15-12(16)6-7-17)10-4-3-5-11(14)8-10/h3-5,8,17H,6-7,9H2,1-2H3,(H,15,16). The summed E-state index contributed by atoms with van der Waals surface area (Å²) in [5.74, 6) is 0.258. The molecule has 0 saturated heterocycles. The fourth-order valence-electron chi connectivity index (χ4n) is 1.52. The number of nitrogens with one attached hydrogen (secondary N) is 1. The highest BCUT2D eigenvalue weighted by atomic mass is 32.1. The molecule has 1 rings (SSSR count). The molecule has 1 aromatic carbocycles. The third-order valence-corrected chi connectivity index (χ3v) is 2.90. The van der Waals surface area contributed by atoms with Gasteiger partial charge in [-0.05, 0) is 23.4 Å². The highest BCUT2D eigenvalue weighted by molar-refractivity contribution is 7.80. The first kappa shape index (κ1) is 14.0. The van der Waals surface area contributed by atoms with Gasteiger partial charge in [-0.3, -0.25) is 4.79 Å². The van der Waals surface area contributed by atoms with E-state index in [1.54, 1.807) is 6.07 Å². The predicted octanol–water partition coefficient (Wildman–Crippen LogP) is 2.54. The summed E-state index contributed by atoms with van der Waals surface area (Å²) in [4.78, 5) is 11.4. The molecule has 0 aromatic heterocycles. The number of rotatable bonds is 5. The number of hydrogen-bond donors (Lipinski definition) is 2. The number of halogens is 1. The zero-order chi connectivity index (χ0) is 12.9. The van der Waals surface area contributed by atoms with E-state index in [1.807, 2.05) is 19.9 Å². The Morgan fingerprint density at radius 2 is 2.18 bits per heavy atom. The Kier molecular flexibility index (Phi) is 5.00. The van der Waals surface area contributed by atoms with Crippen molar-refractivity contribution in [2.75, 3.05) is 12.3 Å². The van der Waals surface area contributed by atoms with Crippen molar-refractivity contribution in [3.8, 4) is 0 Å². The van der Waals surface area contributed by atoms with Gasteiger partial charge in [0, 0.05) is 18.4 Å². The van der Waals surface area contributed by atoms with Crippen molar-refractivity contribution in [2.45, 2.75) is 25.7 Å². The summed E-state index contributed by atoms with van der Waals surface area (Å²) in [5, 5.41) is 2.83. The second-order valence-corrected chi connectivity index (χ2v) is 5.09. The molecule has 0 saturated carbocycles. The van der Waals surface area contributed by atoms with Crippen LogP contribution < -0.4 is 5.32 Å². The van der Waals surface area contributed by atoms with Crippen LogP contribution in [0.3, 0.4) is 0 Å². The van der Waals surface area contributed by atoms with E-state index in [0.717, 1.165) is 5.56 Å². The van der Waals surface area contributed by atoms with Crippen LogP contribution in [0.4, 0.5) is 4.39 Å². The van der Waals surface area contributed by atoms with E-state index in [2.05, 4.69) is 17.9 Å². The minimum Gasteiger partial charge on any atom is -0.355 e.